The molecule has 1 aliphatic heterocycles. The summed E-state index contributed by atoms with van der Waals surface area (Å²) in [6.45, 7) is 0.757. The highest BCUT2D eigenvalue weighted by Gasteiger charge is 2.36. The van der Waals surface area contributed by atoms with E-state index in [0.717, 1.165) is 25.7 Å². The number of hydrogen-bond donors (Lipinski definition) is 2. The van der Waals surface area contributed by atoms with E-state index in [1.807, 2.05) is 0 Å². The number of halogens is 1. The zero-order chi connectivity index (χ0) is 25.1. The molecule has 2 amide bonds. The molecular weight excluding hydrogens is 463 g/mol. The van der Waals surface area contributed by atoms with Gasteiger partial charge in [-0.2, -0.15) is 0 Å². The van der Waals surface area contributed by atoms with E-state index in [-0.39, 0.29) is 23.0 Å². The lowest BCUT2D eigenvalue weighted by molar-refractivity contribution is -0.123. The molecule has 2 N–H and O–H groups in total. The number of amides is 2. The summed E-state index contributed by atoms with van der Waals surface area (Å²) in [5.41, 5.74) is 0.634. The zero-order valence-corrected chi connectivity index (χ0v) is 19.7. The van der Waals surface area contributed by atoms with Gasteiger partial charge in [0.15, 0.2) is 11.5 Å². The lowest BCUT2D eigenvalue weighted by atomic mass is 10.0. The van der Waals surface area contributed by atoms with Gasteiger partial charge in [0.25, 0.3) is 5.91 Å². The molecule has 7 nitrogen and oxygen atoms in total. The molecule has 5 rings (SSSR count). The van der Waals surface area contributed by atoms with E-state index in [9.17, 15) is 14.7 Å². The summed E-state index contributed by atoms with van der Waals surface area (Å²) in [5.74, 6) is -0.676. The molecule has 0 saturated heterocycles. The van der Waals surface area contributed by atoms with Crippen LogP contribution in [-0.2, 0) is 4.79 Å². The normalized spacial score (nSPS) is 15.8. The van der Waals surface area contributed by atoms with Crippen molar-refractivity contribution in [2.45, 2.75) is 37.8 Å². The monoisotopic (exact) mass is 490 g/mol. The van der Waals surface area contributed by atoms with E-state index in [1.54, 1.807) is 36.4 Å². The molecule has 3 aromatic rings. The maximum Gasteiger partial charge on any atom is 0.259 e. The molecule has 36 heavy (non-hydrogen) atoms. The first kappa shape index (κ1) is 23.7. The molecule has 0 radical (unpaired) electrons. The van der Waals surface area contributed by atoms with Crippen molar-refractivity contribution >= 4 is 17.5 Å². The van der Waals surface area contributed by atoms with Crippen LogP contribution >= 0.6 is 0 Å². The summed E-state index contributed by atoms with van der Waals surface area (Å²) in [6, 6.07) is 15.5. The predicted molar refractivity (Wildman–Crippen MR) is 132 cm³/mol. The van der Waals surface area contributed by atoms with Gasteiger partial charge in [-0.05, 0) is 60.9 Å². The fraction of sp³-hybridized carbons (Fsp3) is 0.286. The van der Waals surface area contributed by atoms with E-state index >= 15 is 4.39 Å². The molecule has 186 valence electrons. The number of ether oxygens (including phenoxy) is 2. The van der Waals surface area contributed by atoms with Gasteiger partial charge in [-0.15, -0.1) is 0 Å². The van der Waals surface area contributed by atoms with Crippen molar-refractivity contribution in [3.8, 4) is 17.2 Å². The first-order valence-corrected chi connectivity index (χ1v) is 12.1. The summed E-state index contributed by atoms with van der Waals surface area (Å²) in [5, 5.41) is 12.9. The number of phenols is 1. The molecule has 1 aliphatic carbocycles. The minimum absolute atomic E-state index is 0.0102. The third-order valence-electron chi connectivity index (χ3n) is 6.54. The average Bonchev–Trinajstić information content (AvgIpc) is 3.41. The molecule has 0 aromatic heterocycles. The van der Waals surface area contributed by atoms with Gasteiger partial charge in [-0.1, -0.05) is 37.1 Å². The Morgan fingerprint density at radius 1 is 0.944 bits per heavy atom. The number of carbonyl (C=O) groups is 2. The second kappa shape index (κ2) is 10.3. The Kier molecular flexibility index (Phi) is 6.75. The van der Waals surface area contributed by atoms with Crippen LogP contribution in [0.5, 0.6) is 17.2 Å². The van der Waals surface area contributed by atoms with Crippen LogP contribution in [0.1, 0.15) is 47.6 Å². The fourth-order valence-electron chi connectivity index (χ4n) is 4.75. The minimum atomic E-state index is -1.18. The number of carbonyl (C=O) groups excluding carboxylic acids is 2. The molecule has 0 unspecified atom stereocenters. The van der Waals surface area contributed by atoms with E-state index in [0.29, 0.717) is 30.3 Å². The third-order valence-corrected chi connectivity index (χ3v) is 6.54. The molecular formula is C28H27FN2O5. The van der Waals surface area contributed by atoms with Crippen LogP contribution in [0.3, 0.4) is 0 Å². The van der Waals surface area contributed by atoms with Crippen LogP contribution < -0.4 is 19.7 Å². The van der Waals surface area contributed by atoms with Crippen molar-refractivity contribution in [3.05, 3.63) is 83.7 Å². The molecule has 1 atom stereocenters. The number of hydrogen-bond acceptors (Lipinski definition) is 5. The van der Waals surface area contributed by atoms with E-state index in [2.05, 4.69) is 5.32 Å². The lowest BCUT2D eigenvalue weighted by Gasteiger charge is -2.33. The Morgan fingerprint density at radius 3 is 2.36 bits per heavy atom. The topological polar surface area (TPSA) is 88.1 Å². The molecule has 1 fully saturated rings. The number of nitrogens with zero attached hydrogens (tertiary/aromatic N) is 1. The average molecular weight is 491 g/mol. The molecule has 0 bridgehead atoms. The van der Waals surface area contributed by atoms with Gasteiger partial charge in [0.05, 0.1) is 5.69 Å². The molecule has 8 heteroatoms. The summed E-state index contributed by atoms with van der Waals surface area (Å²) in [6.07, 6.45) is 3.73. The van der Waals surface area contributed by atoms with Gasteiger partial charge in [0, 0.05) is 11.6 Å². The van der Waals surface area contributed by atoms with Gasteiger partial charge in [0.1, 0.15) is 30.8 Å². The molecule has 1 heterocycles. The van der Waals surface area contributed by atoms with Crippen LogP contribution in [0, 0.1) is 5.82 Å². The maximum atomic E-state index is 15.2. The fourth-order valence-corrected chi connectivity index (χ4v) is 4.75. The Bertz CT molecular complexity index is 1260. The largest absolute Gasteiger partial charge is 0.508 e. The number of para-hydroxylation sites is 1. The summed E-state index contributed by atoms with van der Waals surface area (Å²) in [7, 11) is 0. The Hall–Kier alpha value is -4.07. The minimum Gasteiger partial charge on any atom is -0.508 e. The third kappa shape index (κ3) is 4.84. The van der Waals surface area contributed by atoms with Crippen molar-refractivity contribution < 1.29 is 28.6 Å². The number of fused-ring (bicyclic) bond motifs is 1. The van der Waals surface area contributed by atoms with Gasteiger partial charge >= 0.3 is 0 Å². The van der Waals surface area contributed by atoms with Gasteiger partial charge < -0.3 is 19.9 Å². The summed E-state index contributed by atoms with van der Waals surface area (Å²) in [4.78, 5) is 29.0. The number of anilines is 1. The summed E-state index contributed by atoms with van der Waals surface area (Å²) < 4.78 is 26.4. The second-order valence-corrected chi connectivity index (χ2v) is 8.97. The first-order valence-electron chi connectivity index (χ1n) is 12.1. The molecule has 0 spiro atoms. The van der Waals surface area contributed by atoms with Gasteiger partial charge in [-0.3, -0.25) is 14.5 Å². The highest BCUT2D eigenvalue weighted by atomic mass is 19.1. The van der Waals surface area contributed by atoms with Crippen molar-refractivity contribution in [1.29, 1.82) is 0 Å². The number of aromatic hydroxyl groups is 1. The lowest BCUT2D eigenvalue weighted by Crippen LogP contribution is -2.46. The molecule has 2 aliphatic rings. The Balaban J connectivity index is 1.61. The van der Waals surface area contributed by atoms with Crippen molar-refractivity contribution in [1.82, 2.24) is 5.32 Å². The highest BCUT2D eigenvalue weighted by molar-refractivity contribution is 6.10. The van der Waals surface area contributed by atoms with E-state index < -0.39 is 23.7 Å². The van der Waals surface area contributed by atoms with Crippen LogP contribution in [0.4, 0.5) is 10.1 Å². The zero-order valence-electron chi connectivity index (χ0n) is 19.7. The number of rotatable bonds is 6. The van der Waals surface area contributed by atoms with Gasteiger partial charge in [-0.25, -0.2) is 4.39 Å². The van der Waals surface area contributed by atoms with Crippen LogP contribution in [0.2, 0.25) is 0 Å². The van der Waals surface area contributed by atoms with E-state index in [4.69, 9.17) is 9.47 Å². The number of nitrogens with one attached hydrogen (secondary N) is 1. The SMILES string of the molecule is O=C(NC1CCCC1)[C@H](c1ccc(O)cc1)N(C(=O)c1ccc2c(c1)OCCO2)c1ccccc1F. The van der Waals surface area contributed by atoms with Crippen molar-refractivity contribution in [2.24, 2.45) is 0 Å². The number of phenolic OH excluding ortho intramolecular Hbond substituents is 1. The first-order chi connectivity index (χ1) is 17.5. The molecule has 3 aromatic carbocycles. The van der Waals surface area contributed by atoms with Crippen LogP contribution in [0.15, 0.2) is 66.7 Å². The quantitative estimate of drug-likeness (QED) is 0.521. The Morgan fingerprint density at radius 2 is 1.64 bits per heavy atom. The predicted octanol–water partition coefficient (Wildman–Crippen LogP) is 4.75. The number of benzene rings is 3. The van der Waals surface area contributed by atoms with Crippen LogP contribution in [0.25, 0.3) is 0 Å². The maximum absolute atomic E-state index is 15.2. The standard InChI is InChI=1S/C28H27FN2O5/c29-22-7-3-4-8-23(22)31(28(34)19-11-14-24-25(17-19)36-16-15-35-24)26(18-9-12-21(32)13-10-18)27(33)30-20-5-1-2-6-20/h3-4,7-14,17,20,26,32H,1-2,5-6,15-16H2,(H,30,33)/t26-/m0/s1. The van der Waals surface area contributed by atoms with E-state index in [1.165, 1.54) is 35.2 Å². The highest BCUT2D eigenvalue weighted by Crippen LogP contribution is 2.36. The smallest absolute Gasteiger partial charge is 0.259 e. The molecule has 1 saturated carbocycles. The van der Waals surface area contributed by atoms with Crippen LogP contribution in [-0.4, -0.2) is 36.2 Å². The van der Waals surface area contributed by atoms with Crippen molar-refractivity contribution in [3.63, 3.8) is 0 Å². The Labute approximate surface area is 208 Å². The van der Waals surface area contributed by atoms with Gasteiger partial charge in [0.2, 0.25) is 5.91 Å². The second-order valence-electron chi connectivity index (χ2n) is 8.97. The van der Waals surface area contributed by atoms with Crippen molar-refractivity contribution in [2.75, 3.05) is 18.1 Å². The summed E-state index contributed by atoms with van der Waals surface area (Å²) >= 11 is 0.